The van der Waals surface area contributed by atoms with Gasteiger partial charge in [0.1, 0.15) is 6.34 Å². The topological polar surface area (TPSA) is 48.2 Å². The van der Waals surface area contributed by atoms with Crippen LogP contribution < -0.4 is 0 Å². The average Bonchev–Trinajstić information content (AvgIpc) is 2.35. The predicted octanol–water partition coefficient (Wildman–Crippen LogP) is 2.81. The Kier molecular flexibility index (Phi) is 4.27. The van der Waals surface area contributed by atoms with E-state index in [2.05, 4.69) is 16.8 Å². The molecule has 0 fully saturated rings. The van der Waals surface area contributed by atoms with E-state index in [1.807, 2.05) is 31.2 Å². The molecule has 1 aromatic rings. The molecular formula is C12H15N3O. The second-order valence-electron chi connectivity index (χ2n) is 3.29. The van der Waals surface area contributed by atoms with Crippen LogP contribution in [0.1, 0.15) is 12.5 Å². The molecule has 0 atom stereocenters. The van der Waals surface area contributed by atoms with Crippen LogP contribution in [0.5, 0.6) is 0 Å². The Morgan fingerprint density at radius 3 is 2.75 bits per heavy atom. The van der Waals surface area contributed by atoms with Gasteiger partial charge in [-0.05, 0) is 18.6 Å². The van der Waals surface area contributed by atoms with Crippen LogP contribution in [0.15, 0.2) is 40.6 Å². The first-order chi connectivity index (χ1) is 7.69. The Labute approximate surface area is 95.2 Å². The zero-order valence-corrected chi connectivity index (χ0v) is 9.46. The average molecular weight is 217 g/mol. The molecule has 16 heavy (non-hydrogen) atoms. The second-order valence-corrected chi connectivity index (χ2v) is 3.29. The third kappa shape index (κ3) is 2.95. The van der Waals surface area contributed by atoms with Gasteiger partial charge < -0.3 is 5.11 Å². The van der Waals surface area contributed by atoms with Crippen LogP contribution in [0.4, 0.5) is 5.69 Å². The van der Waals surface area contributed by atoms with Crippen molar-refractivity contribution in [2.24, 2.45) is 10.1 Å². The fourth-order valence-electron chi connectivity index (χ4n) is 1.17. The van der Waals surface area contributed by atoms with Gasteiger partial charge >= 0.3 is 0 Å². The minimum Gasteiger partial charge on any atom is -0.515 e. The summed E-state index contributed by atoms with van der Waals surface area (Å²) in [6.07, 6.45) is 2.64. The maximum atomic E-state index is 8.98. The highest BCUT2D eigenvalue weighted by molar-refractivity contribution is 5.75. The molecule has 0 amide bonds. The molecule has 0 radical (unpaired) electrons. The molecule has 0 saturated heterocycles. The van der Waals surface area contributed by atoms with E-state index >= 15 is 0 Å². The van der Waals surface area contributed by atoms with Crippen molar-refractivity contribution in [1.29, 1.82) is 0 Å². The van der Waals surface area contributed by atoms with Gasteiger partial charge in [0.15, 0.2) is 0 Å². The van der Waals surface area contributed by atoms with E-state index in [9.17, 15) is 0 Å². The van der Waals surface area contributed by atoms with E-state index in [0.29, 0.717) is 0 Å². The van der Waals surface area contributed by atoms with Crippen LogP contribution in [-0.4, -0.2) is 30.2 Å². The lowest BCUT2D eigenvalue weighted by Crippen LogP contribution is -2.05. The highest BCUT2D eigenvalue weighted by Gasteiger charge is 2.01. The molecule has 0 spiro atoms. The molecule has 1 N–H and O–H groups in total. The first kappa shape index (κ1) is 12.0. The Bertz CT molecular complexity index is 424. The zero-order valence-electron chi connectivity index (χ0n) is 9.46. The van der Waals surface area contributed by atoms with Gasteiger partial charge in [-0.15, -0.1) is 0 Å². The van der Waals surface area contributed by atoms with Crippen LogP contribution >= 0.6 is 0 Å². The van der Waals surface area contributed by atoms with Crippen molar-refractivity contribution in [3.05, 3.63) is 36.1 Å². The Hall–Kier alpha value is -2.10. The SMILES string of the molecule is C=NN(C)C=Nc1ccccc1/C(C)=C\O. The summed E-state index contributed by atoms with van der Waals surface area (Å²) in [5.41, 5.74) is 2.43. The normalized spacial score (nSPS) is 11.8. The maximum Gasteiger partial charge on any atom is 0.112 e. The molecule has 0 aromatic heterocycles. The van der Waals surface area contributed by atoms with Gasteiger partial charge in [0, 0.05) is 19.3 Å². The van der Waals surface area contributed by atoms with Crippen molar-refractivity contribution in [2.75, 3.05) is 7.05 Å². The smallest absolute Gasteiger partial charge is 0.112 e. The van der Waals surface area contributed by atoms with Crippen molar-refractivity contribution in [2.45, 2.75) is 6.92 Å². The quantitative estimate of drug-likeness (QED) is 0.365. The molecule has 84 valence electrons. The zero-order chi connectivity index (χ0) is 12.0. The molecule has 0 heterocycles. The molecular weight excluding hydrogens is 202 g/mol. The standard InChI is InChI=1S/C12H15N3O/c1-10(8-16)11-6-4-5-7-12(11)14-9-15(3)13-2/h4-9,16H,2H2,1,3H3/b10-8-,14-9?. The van der Waals surface area contributed by atoms with Gasteiger partial charge in [0.25, 0.3) is 0 Å². The molecule has 4 nitrogen and oxygen atoms in total. The summed E-state index contributed by atoms with van der Waals surface area (Å²) < 4.78 is 0. The molecule has 0 aliphatic rings. The number of para-hydroxylation sites is 1. The van der Waals surface area contributed by atoms with Crippen molar-refractivity contribution in [3.63, 3.8) is 0 Å². The van der Waals surface area contributed by atoms with Gasteiger partial charge in [0.05, 0.1) is 11.9 Å². The van der Waals surface area contributed by atoms with Crippen LogP contribution in [0, 0.1) is 0 Å². The van der Waals surface area contributed by atoms with Gasteiger partial charge in [-0.1, -0.05) is 18.2 Å². The fourth-order valence-corrected chi connectivity index (χ4v) is 1.17. The highest BCUT2D eigenvalue weighted by Crippen LogP contribution is 2.25. The Balaban J connectivity index is 3.04. The Morgan fingerprint density at radius 1 is 1.44 bits per heavy atom. The number of aliphatic hydroxyl groups is 1. The monoisotopic (exact) mass is 217 g/mol. The lowest BCUT2D eigenvalue weighted by molar-refractivity contribution is 0.475. The summed E-state index contributed by atoms with van der Waals surface area (Å²) in [6.45, 7) is 5.20. The van der Waals surface area contributed by atoms with Gasteiger partial charge in [-0.25, -0.2) is 4.99 Å². The number of rotatable bonds is 4. The molecule has 1 aromatic carbocycles. The molecule has 0 unspecified atom stereocenters. The number of hydrazone groups is 1. The minimum atomic E-state index is 0.766. The fraction of sp³-hybridized carbons (Fsp3) is 0.167. The third-order valence-electron chi connectivity index (χ3n) is 2.11. The molecule has 0 saturated carbocycles. The molecule has 4 heteroatoms. The van der Waals surface area contributed by atoms with E-state index in [0.717, 1.165) is 23.1 Å². The first-order valence-electron chi connectivity index (χ1n) is 4.83. The van der Waals surface area contributed by atoms with E-state index < -0.39 is 0 Å². The molecule has 0 bridgehead atoms. The largest absolute Gasteiger partial charge is 0.515 e. The van der Waals surface area contributed by atoms with Crippen LogP contribution in [0.3, 0.4) is 0 Å². The number of allylic oxidation sites excluding steroid dienone is 1. The number of aliphatic hydroxyl groups excluding tert-OH is 1. The van der Waals surface area contributed by atoms with Crippen molar-refractivity contribution in [3.8, 4) is 0 Å². The summed E-state index contributed by atoms with van der Waals surface area (Å²) in [5.74, 6) is 0. The molecule has 1 rings (SSSR count). The summed E-state index contributed by atoms with van der Waals surface area (Å²) in [7, 11) is 1.74. The van der Waals surface area contributed by atoms with Crippen LogP contribution in [0.25, 0.3) is 5.57 Å². The van der Waals surface area contributed by atoms with Gasteiger partial charge in [-0.3, -0.25) is 5.01 Å². The lowest BCUT2D eigenvalue weighted by Gasteiger charge is -2.06. The molecule has 0 aliphatic carbocycles. The van der Waals surface area contributed by atoms with E-state index in [-0.39, 0.29) is 0 Å². The third-order valence-corrected chi connectivity index (χ3v) is 2.11. The number of aliphatic imine (C=N–C) groups is 1. The lowest BCUT2D eigenvalue weighted by atomic mass is 10.1. The summed E-state index contributed by atoms with van der Waals surface area (Å²) >= 11 is 0. The van der Waals surface area contributed by atoms with Crippen molar-refractivity contribution in [1.82, 2.24) is 5.01 Å². The summed E-state index contributed by atoms with van der Waals surface area (Å²) in [6, 6.07) is 7.56. The van der Waals surface area contributed by atoms with E-state index in [1.54, 1.807) is 13.4 Å². The highest BCUT2D eigenvalue weighted by atomic mass is 16.2. The van der Waals surface area contributed by atoms with E-state index in [4.69, 9.17) is 5.11 Å². The summed E-state index contributed by atoms with van der Waals surface area (Å²) in [4.78, 5) is 4.26. The van der Waals surface area contributed by atoms with Crippen LogP contribution in [0.2, 0.25) is 0 Å². The van der Waals surface area contributed by atoms with Gasteiger partial charge in [0.2, 0.25) is 0 Å². The van der Waals surface area contributed by atoms with E-state index in [1.165, 1.54) is 5.01 Å². The number of benzene rings is 1. The predicted molar refractivity (Wildman–Crippen MR) is 68.2 cm³/mol. The second kappa shape index (κ2) is 5.70. The van der Waals surface area contributed by atoms with Crippen molar-refractivity contribution < 1.29 is 5.11 Å². The van der Waals surface area contributed by atoms with Crippen LogP contribution in [-0.2, 0) is 0 Å². The number of hydrogen-bond donors (Lipinski definition) is 1. The minimum absolute atomic E-state index is 0.766. The Morgan fingerprint density at radius 2 is 2.12 bits per heavy atom. The maximum absolute atomic E-state index is 8.98. The molecule has 0 aliphatic heterocycles. The number of nitrogens with zero attached hydrogens (tertiary/aromatic N) is 3. The first-order valence-corrected chi connectivity index (χ1v) is 4.83. The number of hydrogen-bond acceptors (Lipinski definition) is 3. The summed E-state index contributed by atoms with van der Waals surface area (Å²) in [5, 5.41) is 14.2. The van der Waals surface area contributed by atoms with Crippen molar-refractivity contribution >= 4 is 24.3 Å². The van der Waals surface area contributed by atoms with Gasteiger partial charge in [-0.2, -0.15) is 5.10 Å².